The summed E-state index contributed by atoms with van der Waals surface area (Å²) >= 11 is 0. The number of hydrogen-bond donors (Lipinski definition) is 1. The molecule has 0 saturated carbocycles. The highest BCUT2D eigenvalue weighted by molar-refractivity contribution is 5.85. The maximum absolute atomic E-state index is 10.4. The quantitative estimate of drug-likeness (QED) is 0.832. The van der Waals surface area contributed by atoms with Gasteiger partial charge in [-0.3, -0.25) is 0 Å². The van der Waals surface area contributed by atoms with Crippen molar-refractivity contribution in [2.45, 2.75) is 18.8 Å². The number of carboxylic acid groups (broad SMARTS) is 1. The van der Waals surface area contributed by atoms with Crippen molar-refractivity contribution in [2.75, 3.05) is 20.1 Å². The van der Waals surface area contributed by atoms with E-state index < -0.39 is 5.97 Å². The molecule has 1 saturated heterocycles. The van der Waals surface area contributed by atoms with E-state index in [0.29, 0.717) is 5.92 Å². The van der Waals surface area contributed by atoms with Gasteiger partial charge in [0.05, 0.1) is 0 Å². The third-order valence-corrected chi connectivity index (χ3v) is 3.45. The van der Waals surface area contributed by atoms with Gasteiger partial charge in [-0.25, -0.2) is 4.79 Å². The summed E-state index contributed by atoms with van der Waals surface area (Å²) in [6, 6.07) is 8.21. The number of likely N-dealkylation sites (tertiary alicyclic amines) is 1. The maximum atomic E-state index is 10.4. The molecule has 1 aliphatic rings. The van der Waals surface area contributed by atoms with Gasteiger partial charge >= 0.3 is 5.97 Å². The Labute approximate surface area is 108 Å². The molecule has 3 heteroatoms. The van der Waals surface area contributed by atoms with E-state index in [-0.39, 0.29) is 0 Å². The largest absolute Gasteiger partial charge is 0.478 e. The van der Waals surface area contributed by atoms with E-state index in [0.717, 1.165) is 12.1 Å². The molecule has 0 aromatic heterocycles. The van der Waals surface area contributed by atoms with Crippen LogP contribution in [0.5, 0.6) is 0 Å². The van der Waals surface area contributed by atoms with Gasteiger partial charge in [0.15, 0.2) is 0 Å². The van der Waals surface area contributed by atoms with Crippen molar-refractivity contribution < 1.29 is 9.90 Å². The van der Waals surface area contributed by atoms with Gasteiger partial charge in [-0.1, -0.05) is 24.3 Å². The molecule has 18 heavy (non-hydrogen) atoms. The van der Waals surface area contributed by atoms with Crippen LogP contribution in [0.2, 0.25) is 0 Å². The van der Waals surface area contributed by atoms with E-state index in [9.17, 15) is 4.79 Å². The fourth-order valence-corrected chi connectivity index (χ4v) is 2.49. The van der Waals surface area contributed by atoms with Gasteiger partial charge in [-0.05, 0) is 49.6 Å². The lowest BCUT2D eigenvalue weighted by Crippen LogP contribution is -2.30. The molecule has 0 aliphatic carbocycles. The molecule has 0 amide bonds. The summed E-state index contributed by atoms with van der Waals surface area (Å²) in [5, 5.41) is 8.57. The minimum atomic E-state index is -0.909. The Kier molecular flexibility index (Phi) is 4.15. The third kappa shape index (κ3) is 3.44. The molecule has 1 heterocycles. The number of carboxylic acids is 1. The Balaban J connectivity index is 2.05. The average Bonchev–Trinajstić information content (AvgIpc) is 2.37. The zero-order valence-electron chi connectivity index (χ0n) is 10.7. The Morgan fingerprint density at radius 3 is 2.72 bits per heavy atom. The highest BCUT2D eigenvalue weighted by Crippen LogP contribution is 2.26. The smallest absolute Gasteiger partial charge is 0.328 e. The standard InChI is InChI=1S/C15H19NO2/c1-16-10-2-3-14(11-16)13-7-4-12(5-8-13)6-9-15(17)18/h4-9,14H,2-3,10-11H2,1H3,(H,17,18)/b9-6+. The van der Waals surface area contributed by atoms with Crippen LogP contribution in [-0.2, 0) is 4.79 Å². The Morgan fingerprint density at radius 2 is 2.11 bits per heavy atom. The second-order valence-electron chi connectivity index (χ2n) is 4.94. The van der Waals surface area contributed by atoms with Crippen LogP contribution in [0.3, 0.4) is 0 Å². The van der Waals surface area contributed by atoms with Crippen molar-refractivity contribution in [3.8, 4) is 0 Å². The molecule has 1 atom stereocenters. The molecule has 1 fully saturated rings. The summed E-state index contributed by atoms with van der Waals surface area (Å²) in [4.78, 5) is 12.8. The number of aliphatic carboxylic acids is 1. The lowest BCUT2D eigenvalue weighted by Gasteiger charge is -2.30. The third-order valence-electron chi connectivity index (χ3n) is 3.45. The number of rotatable bonds is 3. The summed E-state index contributed by atoms with van der Waals surface area (Å²) in [5.41, 5.74) is 2.29. The predicted molar refractivity (Wildman–Crippen MR) is 72.6 cm³/mol. The van der Waals surface area contributed by atoms with E-state index in [4.69, 9.17) is 5.11 Å². The number of piperidine rings is 1. The molecular formula is C15H19NO2. The zero-order valence-corrected chi connectivity index (χ0v) is 10.7. The zero-order chi connectivity index (χ0) is 13.0. The SMILES string of the molecule is CN1CCCC(c2ccc(/C=C/C(=O)O)cc2)C1. The first-order valence-corrected chi connectivity index (χ1v) is 6.34. The summed E-state index contributed by atoms with van der Waals surface area (Å²) in [5.74, 6) is -0.297. The van der Waals surface area contributed by atoms with Crippen molar-refractivity contribution in [1.29, 1.82) is 0 Å². The molecule has 3 nitrogen and oxygen atoms in total. The highest BCUT2D eigenvalue weighted by Gasteiger charge is 2.18. The maximum Gasteiger partial charge on any atom is 0.328 e. The molecule has 96 valence electrons. The molecular weight excluding hydrogens is 226 g/mol. The van der Waals surface area contributed by atoms with Crippen LogP contribution < -0.4 is 0 Å². The van der Waals surface area contributed by atoms with E-state index in [1.165, 1.54) is 31.0 Å². The first-order chi connectivity index (χ1) is 8.65. The van der Waals surface area contributed by atoms with Crippen molar-refractivity contribution in [3.63, 3.8) is 0 Å². The normalized spacial score (nSPS) is 21.3. The monoisotopic (exact) mass is 245 g/mol. The van der Waals surface area contributed by atoms with Crippen molar-refractivity contribution in [1.82, 2.24) is 4.90 Å². The second-order valence-corrected chi connectivity index (χ2v) is 4.94. The van der Waals surface area contributed by atoms with Crippen molar-refractivity contribution >= 4 is 12.0 Å². The lowest BCUT2D eigenvalue weighted by atomic mass is 9.90. The number of hydrogen-bond acceptors (Lipinski definition) is 2. The molecule has 1 aromatic carbocycles. The summed E-state index contributed by atoms with van der Waals surface area (Å²) in [6.45, 7) is 2.31. The van der Waals surface area contributed by atoms with Gasteiger partial charge in [0.1, 0.15) is 0 Å². The van der Waals surface area contributed by atoms with E-state index in [1.54, 1.807) is 6.08 Å². The van der Waals surface area contributed by atoms with Gasteiger partial charge in [0, 0.05) is 12.6 Å². The molecule has 1 unspecified atom stereocenters. The van der Waals surface area contributed by atoms with E-state index in [1.807, 2.05) is 12.1 Å². The minimum Gasteiger partial charge on any atom is -0.478 e. The van der Waals surface area contributed by atoms with Gasteiger partial charge in [-0.2, -0.15) is 0 Å². The van der Waals surface area contributed by atoms with Gasteiger partial charge < -0.3 is 10.0 Å². The average molecular weight is 245 g/mol. The van der Waals surface area contributed by atoms with E-state index in [2.05, 4.69) is 24.1 Å². The summed E-state index contributed by atoms with van der Waals surface area (Å²) in [6.07, 6.45) is 5.29. The number of carbonyl (C=O) groups is 1. The van der Waals surface area contributed by atoms with Crippen LogP contribution in [0.1, 0.15) is 29.9 Å². The van der Waals surface area contributed by atoms with E-state index >= 15 is 0 Å². The first kappa shape index (κ1) is 12.8. The van der Waals surface area contributed by atoms with Crippen LogP contribution in [0.15, 0.2) is 30.3 Å². The van der Waals surface area contributed by atoms with Crippen LogP contribution in [0.4, 0.5) is 0 Å². The fraction of sp³-hybridized carbons (Fsp3) is 0.400. The van der Waals surface area contributed by atoms with Crippen molar-refractivity contribution in [2.24, 2.45) is 0 Å². The number of nitrogens with zero attached hydrogens (tertiary/aromatic N) is 1. The molecule has 0 radical (unpaired) electrons. The molecule has 1 aromatic rings. The predicted octanol–water partition coefficient (Wildman–Crippen LogP) is 2.59. The van der Waals surface area contributed by atoms with Crippen LogP contribution >= 0.6 is 0 Å². The molecule has 0 spiro atoms. The van der Waals surface area contributed by atoms with Crippen LogP contribution in [0.25, 0.3) is 6.08 Å². The molecule has 2 rings (SSSR count). The summed E-state index contributed by atoms with van der Waals surface area (Å²) in [7, 11) is 2.16. The number of benzene rings is 1. The Hall–Kier alpha value is -1.61. The summed E-state index contributed by atoms with van der Waals surface area (Å²) < 4.78 is 0. The Bertz CT molecular complexity index is 436. The Morgan fingerprint density at radius 1 is 1.39 bits per heavy atom. The topological polar surface area (TPSA) is 40.5 Å². The number of likely N-dealkylation sites (N-methyl/N-ethyl adjacent to an activating group) is 1. The lowest BCUT2D eigenvalue weighted by molar-refractivity contribution is -0.131. The van der Waals surface area contributed by atoms with Crippen LogP contribution in [0, 0.1) is 0 Å². The minimum absolute atomic E-state index is 0.612. The molecule has 1 N–H and O–H groups in total. The van der Waals surface area contributed by atoms with Gasteiger partial charge in [0.25, 0.3) is 0 Å². The van der Waals surface area contributed by atoms with Gasteiger partial charge in [-0.15, -0.1) is 0 Å². The van der Waals surface area contributed by atoms with Gasteiger partial charge in [0.2, 0.25) is 0 Å². The second kappa shape index (κ2) is 5.83. The van der Waals surface area contributed by atoms with Crippen molar-refractivity contribution in [3.05, 3.63) is 41.5 Å². The fourth-order valence-electron chi connectivity index (χ4n) is 2.49. The first-order valence-electron chi connectivity index (χ1n) is 6.34. The molecule has 1 aliphatic heterocycles. The van der Waals surface area contributed by atoms with Crippen LogP contribution in [-0.4, -0.2) is 36.1 Å². The molecule has 0 bridgehead atoms. The highest BCUT2D eigenvalue weighted by atomic mass is 16.4.